The van der Waals surface area contributed by atoms with Gasteiger partial charge < -0.3 is 68.7 Å². The molecule has 408 valence electrons. The molecule has 0 saturated carbocycles. The van der Waals surface area contributed by atoms with Crippen LogP contribution in [0.4, 0.5) is 0 Å². The van der Waals surface area contributed by atoms with E-state index < -0.39 is 120 Å². The summed E-state index contributed by atoms with van der Waals surface area (Å²) in [5, 5.41) is 47.5. The zero-order chi connectivity index (χ0) is 55.9. The predicted octanol–water partition coefficient (Wildman–Crippen LogP) is 0.569. The van der Waals surface area contributed by atoms with E-state index in [0.717, 1.165) is 5.56 Å². The number of hydrogen-bond donors (Lipinski definition) is 12. The van der Waals surface area contributed by atoms with Crippen LogP contribution in [0.5, 0.6) is 5.75 Å². The lowest BCUT2D eigenvalue weighted by Gasteiger charge is -2.28. The van der Waals surface area contributed by atoms with Gasteiger partial charge in [0.15, 0.2) is 5.96 Å². The number of aryl methyl sites for hydroxylation is 1. The molecular formula is C52H72N10O13. The molecule has 2 aromatic rings. The number of carbonyl (C=O) groups is 9. The fraction of sp³-hybridized carbons (Fsp3) is 0.462. The number of nitrogens with two attached hydrogens (primary N) is 2. The number of methoxy groups -OCH3 is 1. The number of aromatic hydroxyl groups is 1. The summed E-state index contributed by atoms with van der Waals surface area (Å²) in [6.45, 7) is 11.2. The number of ether oxygens (including phenoxy) is 1. The number of guanidine groups is 1. The van der Waals surface area contributed by atoms with E-state index in [-0.39, 0.29) is 56.0 Å². The highest BCUT2D eigenvalue weighted by Gasteiger charge is 2.37. The van der Waals surface area contributed by atoms with Crippen molar-refractivity contribution in [2.75, 3.05) is 13.7 Å². The molecule has 1 aliphatic rings. The molecule has 3 rings (SSSR count). The smallest absolute Gasteiger partial charge is 0.327 e. The number of allylic oxidation sites excluding steroid dienone is 2. The molecular weight excluding hydrogens is 973 g/mol. The van der Waals surface area contributed by atoms with Gasteiger partial charge in [-0.25, -0.2) is 9.59 Å². The molecule has 1 saturated heterocycles. The third kappa shape index (κ3) is 20.8. The summed E-state index contributed by atoms with van der Waals surface area (Å²) in [6, 6.07) is 6.57. The van der Waals surface area contributed by atoms with Gasteiger partial charge in [0.2, 0.25) is 35.4 Å². The van der Waals surface area contributed by atoms with Gasteiger partial charge >= 0.3 is 11.9 Å². The number of carboxylic acids is 2. The largest absolute Gasteiger partial charge is 0.508 e. The molecule has 0 spiro atoms. The van der Waals surface area contributed by atoms with Crippen molar-refractivity contribution < 1.29 is 63.2 Å². The Labute approximate surface area is 435 Å². The van der Waals surface area contributed by atoms with Gasteiger partial charge in [0.1, 0.15) is 36.0 Å². The van der Waals surface area contributed by atoms with E-state index in [1.54, 1.807) is 32.2 Å². The van der Waals surface area contributed by atoms with Crippen LogP contribution in [0, 0.1) is 17.8 Å². The molecule has 1 heterocycles. The van der Waals surface area contributed by atoms with E-state index in [9.17, 15) is 58.5 Å². The number of amides is 7. The fourth-order valence-corrected chi connectivity index (χ4v) is 7.82. The molecule has 0 aliphatic carbocycles. The number of rotatable bonds is 16. The Morgan fingerprint density at radius 1 is 0.787 bits per heavy atom. The number of nitrogens with one attached hydrogen (secondary N) is 7. The van der Waals surface area contributed by atoms with Crippen molar-refractivity contribution in [3.63, 3.8) is 0 Å². The highest BCUT2D eigenvalue weighted by Crippen LogP contribution is 2.19. The number of carbonyl (C=O) groups excluding carboxylic acids is 7. The average molecular weight is 1050 g/mol. The van der Waals surface area contributed by atoms with Gasteiger partial charge in [0.25, 0.3) is 5.91 Å². The van der Waals surface area contributed by atoms with Crippen LogP contribution in [0.3, 0.4) is 0 Å². The summed E-state index contributed by atoms with van der Waals surface area (Å²) in [7, 11) is 1.60. The van der Waals surface area contributed by atoms with Gasteiger partial charge in [-0.1, -0.05) is 93.6 Å². The first kappa shape index (κ1) is 61.2. The van der Waals surface area contributed by atoms with Crippen LogP contribution in [0.25, 0.3) is 0 Å². The molecule has 0 unspecified atom stereocenters. The number of benzene rings is 2. The van der Waals surface area contributed by atoms with Crippen LogP contribution in [0.15, 0.2) is 95.7 Å². The van der Waals surface area contributed by atoms with Gasteiger partial charge in [-0.3, -0.25) is 38.6 Å². The lowest BCUT2D eigenvalue weighted by Crippen LogP contribution is -2.59. The SMILES string of the molecule is C=C1NC(=O)CC[C@H](C(=O)O)NC(=O)[C@@H](C)[C@H](/C=C/C(C)=C/[C@H](C)[C@H](Cc2ccccc2)OC)NC(=O)[C@H](CCCN=C(N)N)NC(=O)[C@@H](C)[C@H](C(=O)O)NC(=O)[C@H](CCc2ccc(O)cc2)NC(=O)[C@@H](C)NC1=O. The molecule has 14 N–H and O–H groups in total. The zero-order valence-corrected chi connectivity index (χ0v) is 43.1. The van der Waals surface area contributed by atoms with Crippen LogP contribution < -0.4 is 48.7 Å². The standard InChI is InChI=1S/C52H72N10O13/c1-28(26-29(2)41(75-7)27-35-12-9-8-10-13-35)15-21-37-30(3)44(65)61-40(50(71)72)23-24-42(64)56-32(5)46(67)57-33(6)47(68)60-39(22-18-34-16-19-36(63)20-17-34)49(70)62-43(51(73)74)31(4)45(66)59-38(48(69)58-37)14-11-25-55-52(53)54/h8-10,12-13,15-17,19-21,26,29-31,33,37-41,43,63H,5,11,14,18,22-25,27H2,1-4,6-7H3,(H,56,64)(H,57,67)(H,58,69)(H,59,66)(H,60,68)(H,61,65)(H,62,70)(H,71,72)(H,73,74)(H4,53,54,55)/b21-15+,28-26+/t29-,30-,31-,33+,37-,38-,39-,40+,41-,43+/m0/s1. The molecule has 1 aliphatic heterocycles. The van der Waals surface area contributed by atoms with Crippen LogP contribution in [-0.2, 0) is 60.7 Å². The van der Waals surface area contributed by atoms with E-state index in [1.165, 1.54) is 39.0 Å². The lowest BCUT2D eigenvalue weighted by atomic mass is 9.94. The number of phenolic OH excluding ortho intramolecular Hbond substituents is 1. The molecule has 7 amide bonds. The van der Waals surface area contributed by atoms with Crippen LogP contribution in [0.1, 0.15) is 77.8 Å². The van der Waals surface area contributed by atoms with Gasteiger partial charge in [-0.05, 0) is 75.6 Å². The van der Waals surface area contributed by atoms with Crippen molar-refractivity contribution in [1.82, 2.24) is 37.2 Å². The van der Waals surface area contributed by atoms with Gasteiger partial charge in [-0.2, -0.15) is 0 Å². The number of aliphatic imine (C=N–C) groups is 1. The first-order valence-electron chi connectivity index (χ1n) is 24.4. The topological polar surface area (TPSA) is 372 Å². The summed E-state index contributed by atoms with van der Waals surface area (Å²) in [4.78, 5) is 125. The third-order valence-corrected chi connectivity index (χ3v) is 12.4. The quantitative estimate of drug-likeness (QED) is 0.0360. The summed E-state index contributed by atoms with van der Waals surface area (Å²) in [5.41, 5.74) is 12.9. The Hall–Kier alpha value is -8.08. The van der Waals surface area contributed by atoms with Crippen molar-refractivity contribution in [2.45, 2.75) is 122 Å². The van der Waals surface area contributed by atoms with Gasteiger partial charge in [0, 0.05) is 26.0 Å². The van der Waals surface area contributed by atoms with E-state index in [0.29, 0.717) is 17.6 Å². The van der Waals surface area contributed by atoms with Crippen molar-refractivity contribution in [3.8, 4) is 5.75 Å². The fourth-order valence-electron chi connectivity index (χ4n) is 7.82. The van der Waals surface area contributed by atoms with Gasteiger partial charge in [-0.15, -0.1) is 0 Å². The maximum Gasteiger partial charge on any atom is 0.327 e. The Morgan fingerprint density at radius 3 is 2.01 bits per heavy atom. The van der Waals surface area contributed by atoms with Crippen molar-refractivity contribution >= 4 is 59.2 Å². The second-order valence-corrected chi connectivity index (χ2v) is 18.5. The maximum atomic E-state index is 14.4. The molecule has 2 aromatic carbocycles. The highest BCUT2D eigenvalue weighted by atomic mass is 16.5. The number of phenols is 1. The highest BCUT2D eigenvalue weighted by molar-refractivity contribution is 6.00. The summed E-state index contributed by atoms with van der Waals surface area (Å²) >= 11 is 0. The molecule has 1 fully saturated rings. The molecule has 0 aromatic heterocycles. The van der Waals surface area contributed by atoms with E-state index in [1.807, 2.05) is 43.3 Å². The van der Waals surface area contributed by atoms with E-state index in [2.05, 4.69) is 48.8 Å². The number of nitrogens with zero attached hydrogens (tertiary/aromatic N) is 1. The second kappa shape index (κ2) is 30.2. The minimum atomic E-state index is -1.95. The average Bonchev–Trinajstić information content (AvgIpc) is 3.36. The first-order chi connectivity index (χ1) is 35.4. The summed E-state index contributed by atoms with van der Waals surface area (Å²) in [6.07, 6.45) is 4.42. The van der Waals surface area contributed by atoms with Crippen LogP contribution in [-0.4, -0.2) is 131 Å². The number of aliphatic carboxylic acids is 2. The minimum Gasteiger partial charge on any atom is -0.508 e. The van der Waals surface area contributed by atoms with Crippen molar-refractivity contribution in [3.05, 3.63) is 102 Å². The number of hydrogen-bond acceptors (Lipinski definition) is 12. The third-order valence-electron chi connectivity index (χ3n) is 12.4. The maximum absolute atomic E-state index is 14.4. The summed E-state index contributed by atoms with van der Waals surface area (Å²) in [5.74, 6) is -12.9. The zero-order valence-electron chi connectivity index (χ0n) is 43.1. The van der Waals surface area contributed by atoms with Gasteiger partial charge in [0.05, 0.1) is 29.7 Å². The molecule has 0 radical (unpaired) electrons. The summed E-state index contributed by atoms with van der Waals surface area (Å²) < 4.78 is 5.81. The number of carboxylic acid groups (broad SMARTS) is 2. The monoisotopic (exact) mass is 1040 g/mol. The first-order valence-corrected chi connectivity index (χ1v) is 24.4. The van der Waals surface area contributed by atoms with Crippen molar-refractivity contribution in [1.29, 1.82) is 0 Å². The Bertz CT molecular complexity index is 2440. The Kier molecular flexibility index (Phi) is 24.6. The molecule has 0 bridgehead atoms. The molecule has 23 heteroatoms. The predicted molar refractivity (Wildman–Crippen MR) is 277 cm³/mol. The lowest BCUT2D eigenvalue weighted by molar-refractivity contribution is -0.146. The second-order valence-electron chi connectivity index (χ2n) is 18.5. The Balaban J connectivity index is 2.11. The van der Waals surface area contributed by atoms with E-state index in [4.69, 9.17) is 16.2 Å². The minimum absolute atomic E-state index is 0.00463. The Morgan fingerprint density at radius 2 is 1.40 bits per heavy atom. The normalized spacial score (nSPS) is 24.3. The van der Waals surface area contributed by atoms with E-state index >= 15 is 0 Å². The van der Waals surface area contributed by atoms with Crippen LogP contribution >= 0.6 is 0 Å². The van der Waals surface area contributed by atoms with Crippen LogP contribution in [0.2, 0.25) is 0 Å². The van der Waals surface area contributed by atoms with Crippen molar-refractivity contribution in [2.24, 2.45) is 34.2 Å². The molecule has 75 heavy (non-hydrogen) atoms. The molecule has 23 nitrogen and oxygen atoms in total. The molecule has 10 atom stereocenters.